The molecule has 3 heterocycles. The predicted molar refractivity (Wildman–Crippen MR) is 86.5 cm³/mol. The maximum Gasteiger partial charge on any atom is 0.179 e. The summed E-state index contributed by atoms with van der Waals surface area (Å²) in [5, 5.41) is 40.0. The Bertz CT molecular complexity index is 859. The van der Waals surface area contributed by atoms with Gasteiger partial charge in [0.1, 0.15) is 24.4 Å². The first kappa shape index (κ1) is 16.2. The van der Waals surface area contributed by atoms with Gasteiger partial charge in [-0.05, 0) is 24.3 Å². The molecule has 1 saturated heterocycles. The van der Waals surface area contributed by atoms with Crippen LogP contribution in [-0.4, -0.2) is 61.0 Å². The summed E-state index contributed by atoms with van der Waals surface area (Å²) in [5.74, 6) is 0.878. The van der Waals surface area contributed by atoms with Crippen molar-refractivity contribution in [1.29, 1.82) is 0 Å². The van der Waals surface area contributed by atoms with Crippen molar-refractivity contribution in [2.45, 2.75) is 30.6 Å². The minimum Gasteiger partial charge on any atom is -0.461 e. The highest BCUT2D eigenvalue weighted by molar-refractivity contribution is 5.80. The van der Waals surface area contributed by atoms with E-state index in [0.717, 1.165) is 0 Å². The Morgan fingerprint density at radius 1 is 1.00 bits per heavy atom. The molecular weight excluding hydrogens is 328 g/mol. The number of rotatable bonds is 3. The molecule has 5 atom stereocenters. The van der Waals surface area contributed by atoms with Gasteiger partial charge in [-0.1, -0.05) is 12.1 Å². The molecule has 0 amide bonds. The molecule has 1 aliphatic rings. The summed E-state index contributed by atoms with van der Waals surface area (Å²) < 4.78 is 12.7. The van der Waals surface area contributed by atoms with Gasteiger partial charge in [-0.2, -0.15) is 0 Å². The van der Waals surface area contributed by atoms with E-state index in [1.165, 1.54) is 6.26 Å². The quantitative estimate of drug-likeness (QED) is 0.537. The molecule has 1 aromatic carbocycles. The van der Waals surface area contributed by atoms with Crippen LogP contribution in [-0.2, 0) is 4.74 Å². The number of aliphatic hydroxyl groups is 4. The van der Waals surface area contributed by atoms with Gasteiger partial charge in [-0.3, -0.25) is 4.57 Å². The largest absolute Gasteiger partial charge is 0.461 e. The van der Waals surface area contributed by atoms with Gasteiger partial charge >= 0.3 is 0 Å². The highest BCUT2D eigenvalue weighted by atomic mass is 16.6. The molecule has 0 spiro atoms. The molecule has 4 rings (SSSR count). The second kappa shape index (κ2) is 6.25. The lowest BCUT2D eigenvalue weighted by Crippen LogP contribution is -2.56. The number of hydrogen-bond donors (Lipinski definition) is 4. The maximum absolute atomic E-state index is 10.5. The highest BCUT2D eigenvalue weighted by Gasteiger charge is 2.45. The molecule has 0 bridgehead atoms. The fraction of sp³-hybridized carbons (Fsp3) is 0.353. The van der Waals surface area contributed by atoms with Gasteiger partial charge < -0.3 is 29.6 Å². The summed E-state index contributed by atoms with van der Waals surface area (Å²) in [6, 6.07) is 10.7. The van der Waals surface area contributed by atoms with Gasteiger partial charge in [0.2, 0.25) is 0 Å². The molecule has 2 aromatic heterocycles. The van der Waals surface area contributed by atoms with Gasteiger partial charge in [0.15, 0.2) is 17.8 Å². The van der Waals surface area contributed by atoms with Crippen molar-refractivity contribution in [3.05, 3.63) is 42.7 Å². The van der Waals surface area contributed by atoms with Crippen LogP contribution in [0.25, 0.3) is 22.6 Å². The van der Waals surface area contributed by atoms with E-state index in [0.29, 0.717) is 22.6 Å². The van der Waals surface area contributed by atoms with Crippen LogP contribution in [0.4, 0.5) is 0 Å². The zero-order chi connectivity index (χ0) is 17.6. The van der Waals surface area contributed by atoms with Crippen molar-refractivity contribution in [1.82, 2.24) is 9.55 Å². The lowest BCUT2D eigenvalue weighted by molar-refractivity contribution is -0.250. The average molecular weight is 346 g/mol. The van der Waals surface area contributed by atoms with Crippen LogP contribution in [0.1, 0.15) is 6.23 Å². The second-order valence-corrected chi connectivity index (χ2v) is 5.99. The fourth-order valence-electron chi connectivity index (χ4n) is 3.18. The molecule has 132 valence electrons. The monoisotopic (exact) mass is 346 g/mol. The number of aromatic nitrogens is 2. The number of aliphatic hydroxyl groups excluding tert-OH is 4. The molecule has 1 fully saturated rings. The molecule has 8 nitrogen and oxygen atoms in total. The number of benzene rings is 1. The summed E-state index contributed by atoms with van der Waals surface area (Å²) in [5.41, 5.74) is 1.32. The minimum absolute atomic E-state index is 0.413. The molecule has 0 radical (unpaired) electrons. The van der Waals surface area contributed by atoms with Crippen molar-refractivity contribution < 1.29 is 29.6 Å². The lowest BCUT2D eigenvalue weighted by atomic mass is 9.98. The third kappa shape index (κ3) is 2.55. The van der Waals surface area contributed by atoms with Crippen LogP contribution >= 0.6 is 0 Å². The van der Waals surface area contributed by atoms with Crippen molar-refractivity contribution in [3.8, 4) is 11.6 Å². The van der Waals surface area contributed by atoms with Gasteiger partial charge in [-0.25, -0.2) is 4.98 Å². The van der Waals surface area contributed by atoms with E-state index in [1.54, 1.807) is 22.8 Å². The number of hydrogen-bond acceptors (Lipinski definition) is 7. The SMILES string of the molecule is OC[C@@H]1O[C@@H](n2c(-c3ccco3)nc3ccccc32)[C@@H](O)[C@H](O)[C@@H]1O. The van der Waals surface area contributed by atoms with E-state index in [-0.39, 0.29) is 0 Å². The standard InChI is InChI=1S/C17H18N2O6/c20-8-12-13(21)14(22)15(23)17(25-12)19-10-5-2-1-4-9(10)18-16(19)11-6-3-7-24-11/h1-7,12-15,17,20-23H,8H2/t12-,13+,14+,15-,17+/m0/s1. The van der Waals surface area contributed by atoms with Crippen molar-refractivity contribution >= 4 is 11.0 Å². The van der Waals surface area contributed by atoms with Crippen molar-refractivity contribution in [2.75, 3.05) is 6.61 Å². The van der Waals surface area contributed by atoms with Crippen LogP contribution < -0.4 is 0 Å². The van der Waals surface area contributed by atoms with Gasteiger partial charge in [0, 0.05) is 0 Å². The van der Waals surface area contributed by atoms with Crippen LogP contribution in [0, 0.1) is 0 Å². The molecule has 4 N–H and O–H groups in total. The fourth-order valence-corrected chi connectivity index (χ4v) is 3.18. The Kier molecular flexibility index (Phi) is 4.06. The van der Waals surface area contributed by atoms with E-state index in [1.807, 2.05) is 18.2 Å². The number of fused-ring (bicyclic) bond motifs is 1. The Morgan fingerprint density at radius 2 is 1.80 bits per heavy atom. The number of ether oxygens (including phenoxy) is 1. The molecule has 0 unspecified atom stereocenters. The van der Waals surface area contributed by atoms with Crippen molar-refractivity contribution in [3.63, 3.8) is 0 Å². The Morgan fingerprint density at radius 3 is 2.52 bits per heavy atom. The third-order valence-electron chi connectivity index (χ3n) is 4.46. The van der Waals surface area contributed by atoms with E-state index < -0.39 is 37.3 Å². The topological polar surface area (TPSA) is 121 Å². The van der Waals surface area contributed by atoms with Crippen LogP contribution in [0.15, 0.2) is 47.1 Å². The third-order valence-corrected chi connectivity index (χ3v) is 4.46. The first-order chi connectivity index (χ1) is 12.1. The number of imidazole rings is 1. The van der Waals surface area contributed by atoms with E-state index in [4.69, 9.17) is 9.15 Å². The zero-order valence-corrected chi connectivity index (χ0v) is 13.1. The smallest absolute Gasteiger partial charge is 0.179 e. The summed E-state index contributed by atoms with van der Waals surface area (Å²) >= 11 is 0. The highest BCUT2D eigenvalue weighted by Crippen LogP contribution is 2.35. The molecule has 25 heavy (non-hydrogen) atoms. The average Bonchev–Trinajstić information content (AvgIpc) is 3.27. The molecular formula is C17H18N2O6. The lowest BCUT2D eigenvalue weighted by Gasteiger charge is -2.40. The van der Waals surface area contributed by atoms with E-state index in [2.05, 4.69) is 4.98 Å². The molecule has 3 aromatic rings. The number of para-hydroxylation sites is 2. The molecule has 0 saturated carbocycles. The van der Waals surface area contributed by atoms with Gasteiger partial charge in [-0.15, -0.1) is 0 Å². The molecule has 8 heteroatoms. The van der Waals surface area contributed by atoms with E-state index in [9.17, 15) is 20.4 Å². The minimum atomic E-state index is -1.47. The second-order valence-electron chi connectivity index (χ2n) is 5.99. The Labute approximate surface area is 142 Å². The van der Waals surface area contributed by atoms with Crippen LogP contribution in [0.2, 0.25) is 0 Å². The van der Waals surface area contributed by atoms with Gasteiger partial charge in [0.05, 0.1) is 23.9 Å². The Hall–Kier alpha value is -2.23. The van der Waals surface area contributed by atoms with E-state index >= 15 is 0 Å². The van der Waals surface area contributed by atoms with Gasteiger partial charge in [0.25, 0.3) is 0 Å². The number of furan rings is 1. The van der Waals surface area contributed by atoms with Crippen molar-refractivity contribution in [2.24, 2.45) is 0 Å². The molecule has 0 aliphatic carbocycles. The first-order valence-electron chi connectivity index (χ1n) is 7.93. The summed E-state index contributed by atoms with van der Waals surface area (Å²) in [7, 11) is 0. The zero-order valence-electron chi connectivity index (χ0n) is 13.1. The normalized spacial score (nSPS) is 30.0. The molecule has 1 aliphatic heterocycles. The summed E-state index contributed by atoms with van der Waals surface area (Å²) in [6.45, 7) is -0.496. The maximum atomic E-state index is 10.5. The Balaban J connectivity index is 1.89. The van der Waals surface area contributed by atoms with Crippen LogP contribution in [0.3, 0.4) is 0 Å². The first-order valence-corrected chi connectivity index (χ1v) is 7.93. The summed E-state index contributed by atoms with van der Waals surface area (Å²) in [4.78, 5) is 4.53. The summed E-state index contributed by atoms with van der Waals surface area (Å²) in [6.07, 6.45) is -4.85. The number of nitrogens with zero attached hydrogens (tertiary/aromatic N) is 2. The van der Waals surface area contributed by atoms with Crippen LogP contribution in [0.5, 0.6) is 0 Å². The predicted octanol–water partition coefficient (Wildman–Crippen LogP) is 0.269.